The van der Waals surface area contributed by atoms with E-state index in [0.717, 1.165) is 19.3 Å². The van der Waals surface area contributed by atoms with Gasteiger partial charge in [-0.2, -0.15) is 0 Å². The van der Waals surface area contributed by atoms with Crippen LogP contribution in [0.3, 0.4) is 0 Å². The van der Waals surface area contributed by atoms with Gasteiger partial charge in [0.1, 0.15) is 7.85 Å². The van der Waals surface area contributed by atoms with Crippen molar-refractivity contribution >= 4 is 7.85 Å². The lowest BCUT2D eigenvalue weighted by atomic mass is 9.83. The van der Waals surface area contributed by atoms with E-state index in [9.17, 15) is 0 Å². The van der Waals surface area contributed by atoms with Crippen LogP contribution < -0.4 is 0 Å². The van der Waals surface area contributed by atoms with Crippen molar-refractivity contribution in [2.75, 3.05) is 0 Å². The highest BCUT2D eigenvalue weighted by Crippen LogP contribution is 2.14. The maximum absolute atomic E-state index is 8.98. The maximum atomic E-state index is 8.98. The molecule has 0 spiro atoms. The molecule has 1 aliphatic carbocycles. The van der Waals surface area contributed by atoms with Crippen LogP contribution in [0, 0.1) is 0 Å². The highest BCUT2D eigenvalue weighted by atomic mass is 16.3. The van der Waals surface area contributed by atoms with Crippen molar-refractivity contribution in [1.29, 1.82) is 0 Å². The second kappa shape index (κ2) is 2.36. The van der Waals surface area contributed by atoms with E-state index in [1.54, 1.807) is 0 Å². The molecule has 0 saturated carbocycles. The highest BCUT2D eigenvalue weighted by Gasteiger charge is 2.08. The van der Waals surface area contributed by atoms with E-state index in [0.29, 0.717) is 5.47 Å². The Balaban J connectivity index is 2.53. The number of rotatable bonds is 0. The third-order valence-electron chi connectivity index (χ3n) is 1.45. The lowest BCUT2D eigenvalue weighted by Crippen LogP contribution is -2.13. The summed E-state index contributed by atoms with van der Waals surface area (Å²) in [6.07, 6.45) is 4.48. The van der Waals surface area contributed by atoms with Gasteiger partial charge in [-0.05, 0) is 19.3 Å². The molecule has 0 saturated heterocycles. The number of hydrogen-bond acceptors (Lipinski definition) is 1. The van der Waals surface area contributed by atoms with E-state index in [1.165, 1.54) is 0 Å². The van der Waals surface area contributed by atoms with Crippen LogP contribution in [0.5, 0.6) is 0 Å². The van der Waals surface area contributed by atoms with Crippen LogP contribution >= 0.6 is 0 Å². The summed E-state index contributed by atoms with van der Waals surface area (Å²) in [6, 6.07) is 0. The molecule has 1 atom stereocenters. The number of allylic oxidation sites excluding steroid dienone is 1. The number of aliphatic hydroxyl groups is 1. The van der Waals surface area contributed by atoms with Gasteiger partial charge in [-0.1, -0.05) is 11.5 Å². The summed E-state index contributed by atoms with van der Waals surface area (Å²) in [5.41, 5.74) is 0.649. The molecule has 0 bridgehead atoms. The lowest BCUT2D eigenvalue weighted by molar-refractivity contribution is 0.199. The number of hydrogen-bond donors (Lipinski definition) is 1. The summed E-state index contributed by atoms with van der Waals surface area (Å²) < 4.78 is 0. The van der Waals surface area contributed by atoms with E-state index < -0.39 is 0 Å². The molecule has 0 aromatic carbocycles. The van der Waals surface area contributed by atoms with Gasteiger partial charge in [0.05, 0.1) is 6.10 Å². The molecule has 0 amide bonds. The van der Waals surface area contributed by atoms with Gasteiger partial charge in [0.25, 0.3) is 0 Å². The van der Waals surface area contributed by atoms with Crippen molar-refractivity contribution in [3.05, 3.63) is 11.5 Å². The third-order valence-corrected chi connectivity index (χ3v) is 1.45. The number of aliphatic hydroxyl groups excluding tert-OH is 1. The molecule has 2 heteroatoms. The zero-order valence-electron chi connectivity index (χ0n) is 4.80. The molecular formula is C6H9BO. The molecular weight excluding hydrogens is 98.9 g/mol. The summed E-state index contributed by atoms with van der Waals surface area (Å²) in [6.45, 7) is 0. The van der Waals surface area contributed by atoms with Gasteiger partial charge in [-0.3, -0.25) is 0 Å². The predicted octanol–water partition coefficient (Wildman–Crippen LogP) is 0.584. The van der Waals surface area contributed by atoms with E-state index in [1.807, 2.05) is 6.08 Å². The van der Waals surface area contributed by atoms with Gasteiger partial charge < -0.3 is 5.11 Å². The fourth-order valence-corrected chi connectivity index (χ4v) is 0.883. The average Bonchev–Trinajstić information content (AvgIpc) is 1.77. The standard InChI is InChI=1S/C6H9BO/c7-5-3-1-2-4-6(5)8/h3,6,8H,1-2,4H2/t6-/m1/s1. The molecule has 0 heterocycles. The highest BCUT2D eigenvalue weighted by molar-refractivity contribution is 6.22. The molecule has 1 N–H and O–H groups in total. The van der Waals surface area contributed by atoms with Gasteiger partial charge in [0.2, 0.25) is 0 Å². The molecule has 0 fully saturated rings. The van der Waals surface area contributed by atoms with Crippen molar-refractivity contribution < 1.29 is 5.11 Å². The largest absolute Gasteiger partial charge is 0.390 e. The van der Waals surface area contributed by atoms with Crippen LogP contribution in [0.4, 0.5) is 0 Å². The van der Waals surface area contributed by atoms with Crippen molar-refractivity contribution in [2.24, 2.45) is 0 Å². The topological polar surface area (TPSA) is 20.2 Å². The Bertz CT molecular complexity index is 109. The molecule has 42 valence electrons. The van der Waals surface area contributed by atoms with Crippen molar-refractivity contribution in [3.8, 4) is 0 Å². The molecule has 1 nitrogen and oxygen atoms in total. The minimum Gasteiger partial charge on any atom is -0.390 e. The fourth-order valence-electron chi connectivity index (χ4n) is 0.883. The average molecular weight is 108 g/mol. The first kappa shape index (κ1) is 5.89. The van der Waals surface area contributed by atoms with E-state index >= 15 is 0 Å². The van der Waals surface area contributed by atoms with Crippen LogP contribution in [-0.4, -0.2) is 19.1 Å². The molecule has 0 unspecified atom stereocenters. The molecule has 1 aliphatic rings. The Hall–Kier alpha value is -0.235. The predicted molar refractivity (Wildman–Crippen MR) is 33.7 cm³/mol. The second-order valence-electron chi connectivity index (χ2n) is 2.15. The first-order valence-electron chi connectivity index (χ1n) is 2.94. The minimum atomic E-state index is -0.358. The molecule has 2 radical (unpaired) electrons. The van der Waals surface area contributed by atoms with Gasteiger partial charge in [-0.25, -0.2) is 0 Å². The van der Waals surface area contributed by atoms with Gasteiger partial charge in [0.15, 0.2) is 0 Å². The third kappa shape index (κ3) is 1.13. The Morgan fingerprint density at radius 3 is 2.88 bits per heavy atom. The summed E-state index contributed by atoms with van der Waals surface area (Å²) in [5.74, 6) is 0. The summed E-state index contributed by atoms with van der Waals surface area (Å²) in [4.78, 5) is 0. The molecule has 0 aliphatic heterocycles. The monoisotopic (exact) mass is 108 g/mol. The first-order chi connectivity index (χ1) is 3.80. The van der Waals surface area contributed by atoms with Crippen molar-refractivity contribution in [2.45, 2.75) is 25.4 Å². The molecule has 1 rings (SSSR count). The van der Waals surface area contributed by atoms with Crippen molar-refractivity contribution in [3.63, 3.8) is 0 Å². The van der Waals surface area contributed by atoms with Crippen LogP contribution in [0.1, 0.15) is 19.3 Å². The van der Waals surface area contributed by atoms with Gasteiger partial charge in [-0.15, -0.1) is 0 Å². The van der Waals surface area contributed by atoms with E-state index in [-0.39, 0.29) is 6.10 Å². The summed E-state index contributed by atoms with van der Waals surface area (Å²) in [7, 11) is 5.39. The Morgan fingerprint density at radius 2 is 2.50 bits per heavy atom. The molecule has 8 heavy (non-hydrogen) atoms. The van der Waals surface area contributed by atoms with Crippen LogP contribution in [0.15, 0.2) is 11.5 Å². The van der Waals surface area contributed by atoms with Crippen LogP contribution in [0.25, 0.3) is 0 Å². The zero-order chi connectivity index (χ0) is 5.98. The lowest BCUT2D eigenvalue weighted by Gasteiger charge is -2.15. The van der Waals surface area contributed by atoms with Crippen molar-refractivity contribution in [1.82, 2.24) is 0 Å². The summed E-state index contributed by atoms with van der Waals surface area (Å²) in [5, 5.41) is 8.98. The second-order valence-corrected chi connectivity index (χ2v) is 2.15. The van der Waals surface area contributed by atoms with E-state index in [4.69, 9.17) is 13.0 Å². The van der Waals surface area contributed by atoms with Gasteiger partial charge >= 0.3 is 0 Å². The fraction of sp³-hybridized carbons (Fsp3) is 0.667. The van der Waals surface area contributed by atoms with Crippen LogP contribution in [-0.2, 0) is 0 Å². The van der Waals surface area contributed by atoms with Crippen LogP contribution in [0.2, 0.25) is 0 Å². The Labute approximate surface area is 50.8 Å². The molecule has 0 aromatic heterocycles. The Morgan fingerprint density at radius 1 is 1.75 bits per heavy atom. The zero-order valence-corrected chi connectivity index (χ0v) is 4.80. The quantitative estimate of drug-likeness (QED) is 0.450. The maximum Gasteiger partial charge on any atom is 0.110 e. The smallest absolute Gasteiger partial charge is 0.110 e. The Kier molecular flexibility index (Phi) is 1.74. The first-order valence-corrected chi connectivity index (χ1v) is 2.94. The SMILES string of the molecule is [B]C1=CCCC[C@H]1O. The molecule has 0 aromatic rings. The summed E-state index contributed by atoms with van der Waals surface area (Å²) >= 11 is 0. The minimum absolute atomic E-state index is 0.358. The van der Waals surface area contributed by atoms with E-state index in [2.05, 4.69) is 0 Å². The van der Waals surface area contributed by atoms with Gasteiger partial charge in [0, 0.05) is 0 Å². The normalized spacial score (nSPS) is 29.6.